The van der Waals surface area contributed by atoms with Crippen LogP contribution in [0.15, 0.2) is 36.5 Å². The van der Waals surface area contributed by atoms with Crippen molar-refractivity contribution in [2.24, 2.45) is 0 Å². The molecule has 2 rings (SSSR count). The number of hydrogen-bond acceptors (Lipinski definition) is 5. The maximum absolute atomic E-state index is 13.1. The monoisotopic (exact) mass is 317 g/mol. The molecule has 0 aliphatic heterocycles. The van der Waals surface area contributed by atoms with Crippen LogP contribution in [0.5, 0.6) is 0 Å². The Morgan fingerprint density at radius 1 is 1.19 bits per heavy atom. The van der Waals surface area contributed by atoms with Gasteiger partial charge in [-0.15, -0.1) is 0 Å². The van der Waals surface area contributed by atoms with Gasteiger partial charge in [-0.25, -0.2) is 0 Å². The number of nitrogens with zero attached hydrogens (tertiary/aromatic N) is 3. The van der Waals surface area contributed by atoms with Crippen LogP contribution < -0.4 is 0 Å². The summed E-state index contributed by atoms with van der Waals surface area (Å²) in [5.74, 6) is 0. The summed E-state index contributed by atoms with van der Waals surface area (Å²) >= 11 is 0.944. The van der Waals surface area contributed by atoms with E-state index in [9.17, 15) is 13.2 Å². The van der Waals surface area contributed by atoms with Crippen LogP contribution in [0, 0.1) is 0 Å². The second-order valence-corrected chi connectivity index (χ2v) is 5.09. The molecular weight excluding hydrogens is 303 g/mol. The summed E-state index contributed by atoms with van der Waals surface area (Å²) in [5, 5.41) is 9.14. The molecule has 1 unspecified atom stereocenters. The molecule has 0 saturated carbocycles. The average molecular weight is 317 g/mol. The number of rotatable bonds is 6. The Labute approximate surface area is 124 Å². The quantitative estimate of drug-likeness (QED) is 0.889. The van der Waals surface area contributed by atoms with Crippen molar-refractivity contribution < 1.29 is 18.3 Å². The van der Waals surface area contributed by atoms with E-state index < -0.39 is 18.8 Å². The summed E-state index contributed by atoms with van der Waals surface area (Å²) in [5.41, 5.74) is 1.20. The molecule has 1 N–H and O–H groups in total. The lowest BCUT2D eigenvalue weighted by atomic mass is 10.1. The summed E-state index contributed by atoms with van der Waals surface area (Å²) in [6.07, 6.45) is -3.07. The fourth-order valence-electron chi connectivity index (χ4n) is 1.98. The highest BCUT2D eigenvalue weighted by Gasteiger charge is 2.43. The lowest BCUT2D eigenvalue weighted by molar-refractivity contribution is -0.196. The lowest BCUT2D eigenvalue weighted by Crippen LogP contribution is -2.47. The molecule has 0 saturated heterocycles. The molecule has 8 heteroatoms. The van der Waals surface area contributed by atoms with Crippen LogP contribution in [-0.2, 0) is 13.1 Å². The van der Waals surface area contributed by atoms with E-state index in [0.717, 1.165) is 22.2 Å². The predicted molar refractivity (Wildman–Crippen MR) is 72.5 cm³/mol. The zero-order valence-corrected chi connectivity index (χ0v) is 11.8. The number of alkyl halides is 3. The van der Waals surface area contributed by atoms with Crippen LogP contribution >= 0.6 is 11.7 Å². The van der Waals surface area contributed by atoms with Crippen molar-refractivity contribution in [3.8, 4) is 0 Å². The summed E-state index contributed by atoms with van der Waals surface area (Å²) in [4.78, 5) is 1.16. The molecule has 1 atom stereocenters. The first-order valence-corrected chi connectivity index (χ1v) is 6.95. The lowest BCUT2D eigenvalue weighted by Gasteiger charge is -2.31. The zero-order valence-electron chi connectivity index (χ0n) is 11.0. The van der Waals surface area contributed by atoms with Crippen LogP contribution in [0.3, 0.4) is 0 Å². The molecule has 0 spiro atoms. The molecule has 2 aromatic rings. The minimum atomic E-state index is -4.51. The van der Waals surface area contributed by atoms with Crippen molar-refractivity contribution in [3.63, 3.8) is 0 Å². The molecule has 0 aliphatic rings. The minimum Gasteiger partial charge on any atom is -0.394 e. The summed E-state index contributed by atoms with van der Waals surface area (Å²) < 4.78 is 46.9. The van der Waals surface area contributed by atoms with Gasteiger partial charge in [0.05, 0.1) is 30.2 Å². The molecule has 0 fully saturated rings. The van der Waals surface area contributed by atoms with Crippen LogP contribution in [0.25, 0.3) is 0 Å². The number of aliphatic hydroxyl groups excluding tert-OH is 1. The van der Waals surface area contributed by atoms with Gasteiger partial charge in [-0.3, -0.25) is 4.90 Å². The Hall–Kier alpha value is -1.51. The van der Waals surface area contributed by atoms with E-state index >= 15 is 0 Å². The van der Waals surface area contributed by atoms with E-state index in [1.807, 2.05) is 0 Å². The highest BCUT2D eigenvalue weighted by Crippen LogP contribution is 2.27. The molecular formula is C13H14F3N3OS. The van der Waals surface area contributed by atoms with Crippen LogP contribution in [0.1, 0.15) is 11.3 Å². The molecule has 1 aromatic heterocycles. The molecule has 114 valence electrons. The first-order valence-electron chi connectivity index (χ1n) is 6.22. The number of aromatic nitrogens is 2. The fourth-order valence-corrected chi connectivity index (χ4v) is 2.41. The number of benzene rings is 1. The topological polar surface area (TPSA) is 49.2 Å². The summed E-state index contributed by atoms with van der Waals surface area (Å²) in [7, 11) is 0. The van der Waals surface area contributed by atoms with Gasteiger partial charge >= 0.3 is 6.18 Å². The maximum atomic E-state index is 13.1. The third-order valence-electron chi connectivity index (χ3n) is 2.99. The van der Waals surface area contributed by atoms with Gasteiger partial charge in [-0.05, 0) is 5.56 Å². The van der Waals surface area contributed by atoms with Crippen molar-refractivity contribution in [2.75, 3.05) is 6.61 Å². The van der Waals surface area contributed by atoms with Crippen LogP contribution in [0.4, 0.5) is 13.2 Å². The van der Waals surface area contributed by atoms with Gasteiger partial charge in [-0.2, -0.15) is 21.9 Å². The molecule has 1 heterocycles. The van der Waals surface area contributed by atoms with E-state index in [1.54, 1.807) is 30.3 Å². The largest absolute Gasteiger partial charge is 0.406 e. The highest BCUT2D eigenvalue weighted by atomic mass is 32.1. The smallest absolute Gasteiger partial charge is 0.394 e. The first-order chi connectivity index (χ1) is 10.0. The van der Waals surface area contributed by atoms with E-state index in [0.29, 0.717) is 5.69 Å². The van der Waals surface area contributed by atoms with Crippen LogP contribution in [-0.4, -0.2) is 37.6 Å². The first kappa shape index (κ1) is 15.9. The zero-order chi connectivity index (χ0) is 15.3. The van der Waals surface area contributed by atoms with Crippen molar-refractivity contribution in [2.45, 2.75) is 25.3 Å². The third kappa shape index (κ3) is 4.48. The standard InChI is InChI=1S/C13H14F3N3OS/c14-13(15,16)12(9-20)19(8-11-6-17-21-18-11)7-10-4-2-1-3-5-10/h1-6,12,20H,7-9H2. The van der Waals surface area contributed by atoms with Gasteiger partial charge in [0, 0.05) is 13.1 Å². The molecule has 21 heavy (non-hydrogen) atoms. The van der Waals surface area contributed by atoms with Crippen molar-refractivity contribution in [1.82, 2.24) is 13.6 Å². The van der Waals surface area contributed by atoms with E-state index in [4.69, 9.17) is 5.11 Å². The molecule has 0 bridgehead atoms. The molecule has 1 aromatic carbocycles. The number of aliphatic hydroxyl groups is 1. The van der Waals surface area contributed by atoms with Gasteiger partial charge in [0.2, 0.25) is 0 Å². The van der Waals surface area contributed by atoms with Crippen molar-refractivity contribution in [1.29, 1.82) is 0 Å². The van der Waals surface area contributed by atoms with E-state index in [-0.39, 0.29) is 13.1 Å². The Morgan fingerprint density at radius 3 is 2.43 bits per heavy atom. The second kappa shape index (κ2) is 6.97. The van der Waals surface area contributed by atoms with E-state index in [1.165, 1.54) is 6.20 Å². The second-order valence-electron chi connectivity index (χ2n) is 4.53. The fraction of sp³-hybridized carbons (Fsp3) is 0.385. The van der Waals surface area contributed by atoms with Crippen molar-refractivity contribution >= 4 is 11.7 Å². The Bertz CT molecular complexity index is 533. The SMILES string of the molecule is OCC(N(Cc1ccccc1)Cc1cnsn1)C(F)(F)F. The molecule has 4 nitrogen and oxygen atoms in total. The average Bonchev–Trinajstić information content (AvgIpc) is 2.92. The number of hydrogen-bond donors (Lipinski definition) is 1. The van der Waals surface area contributed by atoms with Gasteiger partial charge in [0.15, 0.2) is 0 Å². The highest BCUT2D eigenvalue weighted by molar-refractivity contribution is 6.99. The minimum absolute atomic E-state index is 0.0177. The Balaban J connectivity index is 2.20. The molecule has 0 aliphatic carbocycles. The van der Waals surface area contributed by atoms with Gasteiger partial charge < -0.3 is 5.11 Å². The molecule has 0 radical (unpaired) electrons. The predicted octanol–water partition coefficient (Wildman–Crippen LogP) is 2.46. The van der Waals surface area contributed by atoms with Crippen LogP contribution in [0.2, 0.25) is 0 Å². The van der Waals surface area contributed by atoms with E-state index in [2.05, 4.69) is 8.75 Å². The number of halogens is 3. The molecule has 0 amide bonds. The van der Waals surface area contributed by atoms with Crippen molar-refractivity contribution in [3.05, 3.63) is 47.8 Å². The summed E-state index contributed by atoms with van der Waals surface area (Å²) in [6.45, 7) is -0.937. The van der Waals surface area contributed by atoms with Gasteiger partial charge in [0.1, 0.15) is 6.04 Å². The normalized spacial score (nSPS) is 13.6. The Morgan fingerprint density at radius 2 is 1.90 bits per heavy atom. The third-order valence-corrected chi connectivity index (χ3v) is 3.51. The van der Waals surface area contributed by atoms with Gasteiger partial charge in [-0.1, -0.05) is 30.3 Å². The van der Waals surface area contributed by atoms with Gasteiger partial charge in [0.25, 0.3) is 0 Å². The summed E-state index contributed by atoms with van der Waals surface area (Å²) in [6, 6.07) is 6.89. The Kier molecular flexibility index (Phi) is 5.27. The maximum Gasteiger partial charge on any atom is 0.406 e.